The topological polar surface area (TPSA) is 43.2 Å². The van der Waals surface area contributed by atoms with Gasteiger partial charge in [-0.3, -0.25) is 9.58 Å². The van der Waals surface area contributed by atoms with E-state index < -0.39 is 0 Å². The van der Waals surface area contributed by atoms with E-state index in [1.807, 2.05) is 17.8 Å². The first-order valence-electron chi connectivity index (χ1n) is 6.06. The maximum Gasteiger partial charge on any atom is 0.107 e. The van der Waals surface area contributed by atoms with Gasteiger partial charge in [-0.15, -0.1) is 11.3 Å². The van der Waals surface area contributed by atoms with Crippen molar-refractivity contribution in [3.8, 4) is 11.4 Å². The van der Waals surface area contributed by atoms with Crippen molar-refractivity contribution in [2.45, 2.75) is 6.54 Å². The van der Waals surface area contributed by atoms with Crippen LogP contribution in [0.3, 0.4) is 0 Å². The van der Waals surface area contributed by atoms with Gasteiger partial charge < -0.3 is 4.74 Å². The number of aromatic nitrogens is 3. The van der Waals surface area contributed by atoms with Crippen LogP contribution in [0, 0.1) is 0 Å². The third kappa shape index (κ3) is 2.45. The van der Waals surface area contributed by atoms with E-state index in [0.717, 1.165) is 49.2 Å². The lowest BCUT2D eigenvalue weighted by Gasteiger charge is -2.25. The number of hydrogen-bond acceptors (Lipinski definition) is 5. The number of ether oxygens (including phenoxy) is 1. The number of aryl methyl sites for hydroxylation is 1. The van der Waals surface area contributed by atoms with Gasteiger partial charge in [-0.2, -0.15) is 5.10 Å². The number of rotatable bonds is 3. The van der Waals surface area contributed by atoms with Crippen molar-refractivity contribution in [1.82, 2.24) is 19.7 Å². The first kappa shape index (κ1) is 11.8. The summed E-state index contributed by atoms with van der Waals surface area (Å²) in [5.41, 5.74) is 2.09. The summed E-state index contributed by atoms with van der Waals surface area (Å²) in [5, 5.41) is 7.44. The molecule has 0 atom stereocenters. The van der Waals surface area contributed by atoms with E-state index in [1.54, 1.807) is 17.5 Å². The van der Waals surface area contributed by atoms with Gasteiger partial charge in [-0.1, -0.05) is 0 Å². The highest BCUT2D eigenvalue weighted by molar-refractivity contribution is 7.09. The summed E-state index contributed by atoms with van der Waals surface area (Å²) >= 11 is 1.72. The summed E-state index contributed by atoms with van der Waals surface area (Å²) in [6.07, 6.45) is 1.80. The van der Waals surface area contributed by atoms with Crippen LogP contribution in [0.1, 0.15) is 5.01 Å². The minimum Gasteiger partial charge on any atom is -0.379 e. The molecule has 0 amide bonds. The highest BCUT2D eigenvalue weighted by Gasteiger charge is 2.14. The van der Waals surface area contributed by atoms with Gasteiger partial charge in [0.25, 0.3) is 0 Å². The molecule has 18 heavy (non-hydrogen) atoms. The second kappa shape index (κ2) is 5.17. The van der Waals surface area contributed by atoms with E-state index in [-0.39, 0.29) is 0 Å². The van der Waals surface area contributed by atoms with Gasteiger partial charge in [0, 0.05) is 31.7 Å². The fraction of sp³-hybridized carbons (Fsp3) is 0.500. The molecule has 0 radical (unpaired) electrons. The van der Waals surface area contributed by atoms with Crippen LogP contribution < -0.4 is 0 Å². The third-order valence-corrected chi connectivity index (χ3v) is 3.93. The Morgan fingerprint density at radius 3 is 2.94 bits per heavy atom. The minimum atomic E-state index is 0.833. The molecule has 2 aromatic heterocycles. The molecule has 3 rings (SSSR count). The fourth-order valence-electron chi connectivity index (χ4n) is 2.08. The van der Waals surface area contributed by atoms with E-state index >= 15 is 0 Å². The van der Waals surface area contributed by atoms with Gasteiger partial charge in [-0.25, -0.2) is 4.98 Å². The first-order chi connectivity index (χ1) is 8.83. The van der Waals surface area contributed by atoms with Gasteiger partial charge in [-0.05, 0) is 6.07 Å². The van der Waals surface area contributed by atoms with Crippen molar-refractivity contribution in [2.75, 3.05) is 26.3 Å². The fourth-order valence-corrected chi connectivity index (χ4v) is 2.91. The van der Waals surface area contributed by atoms with Gasteiger partial charge in [0.1, 0.15) is 5.01 Å². The quantitative estimate of drug-likeness (QED) is 0.840. The zero-order valence-electron chi connectivity index (χ0n) is 10.4. The second-order valence-corrected chi connectivity index (χ2v) is 5.30. The van der Waals surface area contributed by atoms with Gasteiger partial charge in [0.05, 0.1) is 31.1 Å². The predicted octanol–water partition coefficient (Wildman–Crippen LogP) is 1.38. The van der Waals surface area contributed by atoms with Crippen LogP contribution in [0.5, 0.6) is 0 Å². The van der Waals surface area contributed by atoms with Crippen LogP contribution in [0.15, 0.2) is 17.6 Å². The predicted molar refractivity (Wildman–Crippen MR) is 70.4 cm³/mol. The maximum absolute atomic E-state index is 5.35. The molecular weight excluding hydrogens is 248 g/mol. The Morgan fingerprint density at radius 2 is 2.22 bits per heavy atom. The van der Waals surface area contributed by atoms with Crippen LogP contribution in [0.25, 0.3) is 11.4 Å². The summed E-state index contributed by atoms with van der Waals surface area (Å²) in [7, 11) is 1.94. The summed E-state index contributed by atoms with van der Waals surface area (Å²) in [5.74, 6) is 0. The normalized spacial score (nSPS) is 17.2. The molecule has 96 valence electrons. The lowest BCUT2D eigenvalue weighted by atomic mass is 10.3. The Labute approximate surface area is 110 Å². The molecule has 0 saturated carbocycles. The Balaban J connectivity index is 1.71. The van der Waals surface area contributed by atoms with Crippen molar-refractivity contribution in [3.05, 3.63) is 22.7 Å². The number of morpholine rings is 1. The lowest BCUT2D eigenvalue weighted by molar-refractivity contribution is 0.0342. The Morgan fingerprint density at radius 1 is 1.39 bits per heavy atom. The van der Waals surface area contributed by atoms with Gasteiger partial charge in [0.2, 0.25) is 0 Å². The highest BCUT2D eigenvalue weighted by atomic mass is 32.1. The summed E-state index contributed by atoms with van der Waals surface area (Å²) in [6, 6.07) is 1.99. The average molecular weight is 264 g/mol. The molecule has 0 unspecified atom stereocenters. The molecular formula is C12H16N4OS. The molecule has 3 heterocycles. The molecule has 0 bridgehead atoms. The maximum atomic E-state index is 5.35. The summed E-state index contributed by atoms with van der Waals surface area (Å²) in [4.78, 5) is 7.07. The van der Waals surface area contributed by atoms with Crippen molar-refractivity contribution < 1.29 is 4.74 Å². The Kier molecular flexibility index (Phi) is 3.40. The van der Waals surface area contributed by atoms with Crippen molar-refractivity contribution in [1.29, 1.82) is 0 Å². The number of nitrogens with zero attached hydrogens (tertiary/aromatic N) is 4. The van der Waals surface area contributed by atoms with Gasteiger partial charge >= 0.3 is 0 Å². The molecule has 5 nitrogen and oxygen atoms in total. The number of hydrogen-bond donors (Lipinski definition) is 0. The van der Waals surface area contributed by atoms with Crippen LogP contribution in [0.2, 0.25) is 0 Å². The largest absolute Gasteiger partial charge is 0.379 e. The van der Waals surface area contributed by atoms with Crippen LogP contribution in [0.4, 0.5) is 0 Å². The van der Waals surface area contributed by atoms with E-state index in [4.69, 9.17) is 4.74 Å². The zero-order valence-corrected chi connectivity index (χ0v) is 11.2. The van der Waals surface area contributed by atoms with Crippen molar-refractivity contribution in [3.63, 3.8) is 0 Å². The summed E-state index contributed by atoms with van der Waals surface area (Å²) < 4.78 is 7.20. The monoisotopic (exact) mass is 264 g/mol. The van der Waals surface area contributed by atoms with Crippen LogP contribution in [-0.4, -0.2) is 46.0 Å². The molecule has 0 spiro atoms. The number of thiazole rings is 1. The third-order valence-electron chi connectivity index (χ3n) is 3.10. The standard InChI is InChI=1S/C12H16N4OS/c1-15-11(2-3-13-15)10-9-18-12(14-10)8-16-4-6-17-7-5-16/h2-3,9H,4-8H2,1H3. The smallest absolute Gasteiger partial charge is 0.107 e. The molecule has 1 aliphatic rings. The highest BCUT2D eigenvalue weighted by Crippen LogP contribution is 2.22. The van der Waals surface area contributed by atoms with Crippen molar-refractivity contribution in [2.24, 2.45) is 7.05 Å². The minimum absolute atomic E-state index is 0.833. The van der Waals surface area contributed by atoms with Crippen LogP contribution >= 0.6 is 11.3 Å². The van der Waals surface area contributed by atoms with E-state index in [9.17, 15) is 0 Å². The van der Waals surface area contributed by atoms with Crippen LogP contribution in [-0.2, 0) is 18.3 Å². The SMILES string of the molecule is Cn1nccc1-c1csc(CN2CCOCC2)n1. The molecule has 2 aromatic rings. The Bertz CT molecular complexity index is 516. The molecule has 1 aliphatic heterocycles. The Hall–Kier alpha value is -1.24. The second-order valence-electron chi connectivity index (χ2n) is 4.36. The van der Waals surface area contributed by atoms with E-state index in [2.05, 4.69) is 20.4 Å². The molecule has 1 saturated heterocycles. The van der Waals surface area contributed by atoms with Gasteiger partial charge in [0.15, 0.2) is 0 Å². The molecule has 0 aromatic carbocycles. The average Bonchev–Trinajstić information content (AvgIpc) is 2.99. The molecule has 1 fully saturated rings. The van der Waals surface area contributed by atoms with E-state index in [1.165, 1.54) is 0 Å². The lowest BCUT2D eigenvalue weighted by Crippen LogP contribution is -2.35. The molecule has 0 N–H and O–H groups in total. The summed E-state index contributed by atoms with van der Waals surface area (Å²) in [6.45, 7) is 4.59. The van der Waals surface area contributed by atoms with Crippen molar-refractivity contribution >= 4 is 11.3 Å². The zero-order chi connectivity index (χ0) is 12.4. The first-order valence-corrected chi connectivity index (χ1v) is 6.94. The molecule has 0 aliphatic carbocycles. The molecule has 6 heteroatoms. The van der Waals surface area contributed by atoms with E-state index in [0.29, 0.717) is 0 Å².